The zero-order valence-corrected chi connectivity index (χ0v) is 17.1. The number of carbonyl (C=O) groups is 1. The van der Waals surface area contributed by atoms with Crippen LogP contribution in [0.3, 0.4) is 0 Å². The Kier molecular flexibility index (Phi) is 4.21. The lowest BCUT2D eigenvalue weighted by molar-refractivity contribution is -0.113. The third-order valence-electron chi connectivity index (χ3n) is 4.82. The van der Waals surface area contributed by atoms with Crippen molar-refractivity contribution >= 4 is 45.0 Å². The van der Waals surface area contributed by atoms with Crippen LogP contribution in [0.15, 0.2) is 48.5 Å². The number of thioether (sulfide) groups is 1. The van der Waals surface area contributed by atoms with Crippen molar-refractivity contribution in [1.82, 2.24) is 14.8 Å². The number of hydrogen-bond donors (Lipinski definition) is 1. The maximum atomic E-state index is 12.5. The molecule has 5 rings (SSSR count). The maximum absolute atomic E-state index is 12.5. The highest BCUT2D eigenvalue weighted by atomic mass is 32.2. The molecule has 2 aromatic carbocycles. The van der Waals surface area contributed by atoms with Crippen molar-refractivity contribution in [3.8, 4) is 5.13 Å². The first-order chi connectivity index (χ1) is 13.6. The Morgan fingerprint density at radius 2 is 2.00 bits per heavy atom. The fraction of sp³-hybridized carbons (Fsp3) is 0.190. The lowest BCUT2D eigenvalue weighted by Gasteiger charge is -2.15. The van der Waals surface area contributed by atoms with Gasteiger partial charge in [0.2, 0.25) is 11.0 Å². The van der Waals surface area contributed by atoms with Crippen molar-refractivity contribution in [3.63, 3.8) is 0 Å². The molecular formula is C21H18N4OS2. The predicted molar refractivity (Wildman–Crippen MR) is 116 cm³/mol. The number of aryl methyl sites for hydroxylation is 2. The number of fused-ring (bicyclic) bond motifs is 2. The summed E-state index contributed by atoms with van der Waals surface area (Å²) in [5.41, 5.74) is 5.30. The zero-order chi connectivity index (χ0) is 19.3. The van der Waals surface area contributed by atoms with Gasteiger partial charge in [0.25, 0.3) is 0 Å². The molecule has 140 valence electrons. The van der Waals surface area contributed by atoms with E-state index in [-0.39, 0.29) is 11.2 Å². The van der Waals surface area contributed by atoms with Crippen LogP contribution in [-0.4, -0.2) is 26.4 Å². The Bertz CT molecular complexity index is 1180. The number of aromatic nitrogens is 3. The normalized spacial score (nSPS) is 16.6. The number of benzene rings is 2. The number of para-hydroxylation sites is 1. The molecule has 1 N–H and O–H groups in total. The average Bonchev–Trinajstić information content (AvgIpc) is 3.18. The first-order valence-electron chi connectivity index (χ1n) is 9.03. The lowest BCUT2D eigenvalue weighted by atomic mass is 10.0. The number of anilines is 1. The largest absolute Gasteiger partial charge is 0.310 e. The van der Waals surface area contributed by atoms with E-state index in [0.29, 0.717) is 5.75 Å². The second kappa shape index (κ2) is 6.76. The van der Waals surface area contributed by atoms with Gasteiger partial charge in [-0.2, -0.15) is 9.78 Å². The summed E-state index contributed by atoms with van der Waals surface area (Å²) in [5.74, 6) is 1.13. The smallest absolute Gasteiger partial charge is 0.235 e. The minimum Gasteiger partial charge on any atom is -0.310 e. The minimum atomic E-state index is -0.0105. The summed E-state index contributed by atoms with van der Waals surface area (Å²) in [6.45, 7) is 4.09. The number of nitrogens with one attached hydrogen (secondary N) is 1. The van der Waals surface area contributed by atoms with E-state index in [2.05, 4.69) is 42.6 Å². The molecule has 0 fully saturated rings. The van der Waals surface area contributed by atoms with Crippen molar-refractivity contribution in [3.05, 3.63) is 70.9 Å². The summed E-state index contributed by atoms with van der Waals surface area (Å²) in [5, 5.41) is 8.66. The highest BCUT2D eigenvalue weighted by Crippen LogP contribution is 2.44. The molecule has 4 aromatic rings. The van der Waals surface area contributed by atoms with Gasteiger partial charge in [0, 0.05) is 5.56 Å². The fourth-order valence-corrected chi connectivity index (χ4v) is 5.67. The molecule has 3 heterocycles. The molecule has 0 radical (unpaired) electrons. The van der Waals surface area contributed by atoms with Crippen molar-refractivity contribution in [2.24, 2.45) is 0 Å². The Hall–Kier alpha value is -2.64. The SMILES string of the molecule is Cc1cccc([C@H]2SCC(=O)Nc3c2c(C)nn3-c2nc3ccccc3s2)c1. The van der Waals surface area contributed by atoms with E-state index in [9.17, 15) is 4.79 Å². The van der Waals surface area contributed by atoms with E-state index in [4.69, 9.17) is 10.1 Å². The molecule has 0 aliphatic carbocycles. The van der Waals surface area contributed by atoms with Crippen molar-refractivity contribution in [2.75, 3.05) is 11.1 Å². The van der Waals surface area contributed by atoms with Gasteiger partial charge in [0.15, 0.2) is 0 Å². The van der Waals surface area contributed by atoms with Gasteiger partial charge in [-0.25, -0.2) is 4.98 Å². The van der Waals surface area contributed by atoms with Gasteiger partial charge in [-0.15, -0.1) is 11.8 Å². The van der Waals surface area contributed by atoms with Crippen molar-refractivity contribution < 1.29 is 4.79 Å². The van der Waals surface area contributed by atoms with Crippen LogP contribution >= 0.6 is 23.1 Å². The van der Waals surface area contributed by atoms with Gasteiger partial charge in [-0.3, -0.25) is 4.79 Å². The van der Waals surface area contributed by atoms with Gasteiger partial charge < -0.3 is 5.32 Å². The van der Waals surface area contributed by atoms with Gasteiger partial charge in [-0.1, -0.05) is 53.3 Å². The molecule has 7 heteroatoms. The molecular weight excluding hydrogens is 388 g/mol. The highest BCUT2D eigenvalue weighted by Gasteiger charge is 2.31. The lowest BCUT2D eigenvalue weighted by Crippen LogP contribution is -2.15. The third-order valence-corrected chi connectivity index (χ3v) is 7.10. The quantitative estimate of drug-likeness (QED) is 0.516. The van der Waals surface area contributed by atoms with Crippen LogP contribution in [0.4, 0.5) is 5.82 Å². The number of hydrogen-bond acceptors (Lipinski definition) is 5. The molecule has 5 nitrogen and oxygen atoms in total. The molecule has 28 heavy (non-hydrogen) atoms. The number of carbonyl (C=O) groups excluding carboxylic acids is 1. The monoisotopic (exact) mass is 406 g/mol. The first kappa shape index (κ1) is 17.5. The fourth-order valence-electron chi connectivity index (χ4n) is 3.57. The number of nitrogens with zero attached hydrogens (tertiary/aromatic N) is 3. The Balaban J connectivity index is 1.70. The second-order valence-corrected chi connectivity index (χ2v) is 8.98. The van der Waals surface area contributed by atoms with Gasteiger partial charge in [0.1, 0.15) is 5.82 Å². The van der Waals surface area contributed by atoms with Gasteiger partial charge in [0.05, 0.1) is 26.9 Å². The number of amides is 1. The van der Waals surface area contributed by atoms with E-state index >= 15 is 0 Å². The van der Waals surface area contributed by atoms with Gasteiger partial charge in [-0.05, 0) is 31.5 Å². The van der Waals surface area contributed by atoms with Crippen LogP contribution in [-0.2, 0) is 4.79 Å². The summed E-state index contributed by atoms with van der Waals surface area (Å²) in [4.78, 5) is 17.2. The molecule has 0 bridgehead atoms. The molecule has 1 atom stereocenters. The van der Waals surface area contributed by atoms with Crippen LogP contribution in [0, 0.1) is 13.8 Å². The number of rotatable bonds is 2. The minimum absolute atomic E-state index is 0.0105. The van der Waals surface area contributed by atoms with E-state index in [1.165, 1.54) is 11.1 Å². The van der Waals surface area contributed by atoms with Crippen LogP contribution in [0.1, 0.15) is 27.6 Å². The standard InChI is InChI=1S/C21H18N4OS2/c1-12-6-5-7-14(10-12)19-18-13(2)24-25(20(18)23-17(26)11-27-19)21-22-15-8-3-4-9-16(15)28-21/h3-10,19H,11H2,1-2H3,(H,23,26)/t19-/m1/s1. The Morgan fingerprint density at radius 1 is 1.14 bits per heavy atom. The van der Waals surface area contributed by atoms with Gasteiger partial charge >= 0.3 is 0 Å². The Morgan fingerprint density at radius 3 is 2.82 bits per heavy atom. The van der Waals surface area contributed by atoms with Crippen LogP contribution in [0.25, 0.3) is 15.3 Å². The summed E-state index contributed by atoms with van der Waals surface area (Å²) in [6, 6.07) is 16.5. The van der Waals surface area contributed by atoms with E-state index < -0.39 is 0 Å². The van der Waals surface area contributed by atoms with Crippen molar-refractivity contribution in [2.45, 2.75) is 19.1 Å². The molecule has 0 saturated heterocycles. The summed E-state index contributed by atoms with van der Waals surface area (Å²) < 4.78 is 2.89. The molecule has 0 saturated carbocycles. The third kappa shape index (κ3) is 2.91. The highest BCUT2D eigenvalue weighted by molar-refractivity contribution is 8.00. The topological polar surface area (TPSA) is 59.8 Å². The van der Waals surface area contributed by atoms with Crippen LogP contribution < -0.4 is 5.32 Å². The average molecular weight is 407 g/mol. The summed E-state index contributed by atoms with van der Waals surface area (Å²) in [7, 11) is 0. The maximum Gasteiger partial charge on any atom is 0.235 e. The van der Waals surface area contributed by atoms with E-state index in [1.54, 1.807) is 27.8 Å². The molecule has 1 amide bonds. The molecule has 1 aliphatic rings. The van der Waals surface area contributed by atoms with Crippen LogP contribution in [0.2, 0.25) is 0 Å². The zero-order valence-electron chi connectivity index (χ0n) is 15.5. The van der Waals surface area contributed by atoms with Crippen molar-refractivity contribution in [1.29, 1.82) is 0 Å². The van der Waals surface area contributed by atoms with E-state index in [0.717, 1.165) is 32.4 Å². The molecule has 0 unspecified atom stereocenters. The van der Waals surface area contributed by atoms with Crippen LogP contribution in [0.5, 0.6) is 0 Å². The first-order valence-corrected chi connectivity index (χ1v) is 10.9. The molecule has 2 aromatic heterocycles. The predicted octanol–water partition coefficient (Wildman–Crippen LogP) is 4.87. The molecule has 1 aliphatic heterocycles. The number of thiazole rings is 1. The Labute approximate surface area is 170 Å². The summed E-state index contributed by atoms with van der Waals surface area (Å²) >= 11 is 3.22. The summed E-state index contributed by atoms with van der Waals surface area (Å²) in [6.07, 6.45) is 0. The van der Waals surface area contributed by atoms with E-state index in [1.807, 2.05) is 25.1 Å². The molecule has 0 spiro atoms. The second-order valence-electron chi connectivity index (χ2n) is 6.88.